The standard InChI is InChI=1S/C11H19NO/c1-10-4-3-6-11(2,7-5-10)8-12-9-13/h10H,3-8H2,1-2H3. The largest absolute Gasteiger partial charge is 0.234 e. The molecule has 0 spiro atoms. The lowest BCUT2D eigenvalue weighted by Gasteiger charge is -2.24. The van der Waals surface area contributed by atoms with Crippen molar-refractivity contribution in [2.75, 3.05) is 6.54 Å². The third-order valence-corrected chi connectivity index (χ3v) is 3.24. The van der Waals surface area contributed by atoms with Crippen LogP contribution < -0.4 is 0 Å². The predicted molar refractivity (Wildman–Crippen MR) is 53.3 cm³/mol. The normalized spacial score (nSPS) is 34.8. The summed E-state index contributed by atoms with van der Waals surface area (Å²) in [4.78, 5) is 13.8. The molecule has 74 valence electrons. The fraction of sp³-hybridized carbons (Fsp3) is 0.909. The Labute approximate surface area is 80.4 Å². The Balaban J connectivity index is 2.51. The van der Waals surface area contributed by atoms with Crippen LogP contribution >= 0.6 is 0 Å². The van der Waals surface area contributed by atoms with E-state index in [0.29, 0.717) is 6.54 Å². The first kappa shape index (κ1) is 10.5. The predicted octanol–water partition coefficient (Wildman–Crippen LogP) is 2.93. The van der Waals surface area contributed by atoms with Crippen LogP contribution in [-0.2, 0) is 4.79 Å². The van der Waals surface area contributed by atoms with E-state index >= 15 is 0 Å². The third-order valence-electron chi connectivity index (χ3n) is 3.24. The van der Waals surface area contributed by atoms with Crippen molar-refractivity contribution >= 4 is 6.08 Å². The minimum absolute atomic E-state index is 0.266. The van der Waals surface area contributed by atoms with E-state index in [4.69, 9.17) is 0 Å². The fourth-order valence-electron chi connectivity index (χ4n) is 2.12. The second-order valence-electron chi connectivity index (χ2n) is 4.75. The zero-order valence-corrected chi connectivity index (χ0v) is 8.68. The Hall–Kier alpha value is -0.620. The first-order valence-corrected chi connectivity index (χ1v) is 5.20. The van der Waals surface area contributed by atoms with Crippen LogP contribution in [0.15, 0.2) is 4.99 Å². The van der Waals surface area contributed by atoms with Crippen LogP contribution in [0.2, 0.25) is 0 Å². The number of aliphatic imine (C=N–C) groups is 1. The van der Waals surface area contributed by atoms with Gasteiger partial charge in [0, 0.05) is 0 Å². The number of rotatable bonds is 2. The molecule has 13 heavy (non-hydrogen) atoms. The van der Waals surface area contributed by atoms with Crippen LogP contribution in [0.4, 0.5) is 0 Å². The van der Waals surface area contributed by atoms with Gasteiger partial charge in [-0.1, -0.05) is 33.1 Å². The quantitative estimate of drug-likeness (QED) is 0.366. The molecule has 0 N–H and O–H groups in total. The molecule has 0 aromatic rings. The summed E-state index contributed by atoms with van der Waals surface area (Å²) in [6.45, 7) is 5.23. The van der Waals surface area contributed by atoms with E-state index in [1.54, 1.807) is 6.08 Å². The lowest BCUT2D eigenvalue weighted by Crippen LogP contribution is -2.19. The van der Waals surface area contributed by atoms with Gasteiger partial charge in [0.05, 0.1) is 6.54 Å². The van der Waals surface area contributed by atoms with Gasteiger partial charge in [0.15, 0.2) is 0 Å². The van der Waals surface area contributed by atoms with Gasteiger partial charge in [-0.2, -0.15) is 0 Å². The summed E-state index contributed by atoms with van der Waals surface area (Å²) in [5.74, 6) is 0.849. The number of isocyanates is 1. The summed E-state index contributed by atoms with van der Waals surface area (Å²) < 4.78 is 0. The van der Waals surface area contributed by atoms with Crippen molar-refractivity contribution in [3.63, 3.8) is 0 Å². The Morgan fingerprint density at radius 2 is 2.23 bits per heavy atom. The molecule has 1 saturated carbocycles. The van der Waals surface area contributed by atoms with Gasteiger partial charge in [-0.15, -0.1) is 0 Å². The van der Waals surface area contributed by atoms with Crippen molar-refractivity contribution in [3.8, 4) is 0 Å². The van der Waals surface area contributed by atoms with Crippen LogP contribution in [0.25, 0.3) is 0 Å². The van der Waals surface area contributed by atoms with Crippen molar-refractivity contribution in [2.45, 2.75) is 46.0 Å². The van der Waals surface area contributed by atoms with Crippen LogP contribution in [0.5, 0.6) is 0 Å². The average Bonchev–Trinajstić information content (AvgIpc) is 2.27. The molecule has 0 bridgehead atoms. The molecule has 2 nitrogen and oxygen atoms in total. The Morgan fingerprint density at radius 1 is 1.46 bits per heavy atom. The van der Waals surface area contributed by atoms with E-state index in [0.717, 1.165) is 5.92 Å². The summed E-state index contributed by atoms with van der Waals surface area (Å²) >= 11 is 0. The molecule has 0 radical (unpaired) electrons. The molecular formula is C11H19NO. The van der Waals surface area contributed by atoms with E-state index in [-0.39, 0.29) is 5.41 Å². The highest BCUT2D eigenvalue weighted by molar-refractivity contribution is 5.33. The topological polar surface area (TPSA) is 29.4 Å². The van der Waals surface area contributed by atoms with Crippen molar-refractivity contribution in [2.24, 2.45) is 16.3 Å². The molecule has 1 aliphatic rings. The van der Waals surface area contributed by atoms with E-state index < -0.39 is 0 Å². The maximum Gasteiger partial charge on any atom is 0.234 e. The number of nitrogens with zero attached hydrogens (tertiary/aromatic N) is 1. The molecule has 0 aromatic heterocycles. The Kier molecular flexibility index (Phi) is 3.68. The van der Waals surface area contributed by atoms with E-state index in [2.05, 4.69) is 18.8 Å². The smallest absolute Gasteiger partial charge is 0.211 e. The van der Waals surface area contributed by atoms with Crippen molar-refractivity contribution in [3.05, 3.63) is 0 Å². The molecule has 2 atom stereocenters. The number of carbonyl (C=O) groups excluding carboxylic acids is 1. The first-order valence-electron chi connectivity index (χ1n) is 5.20. The summed E-state index contributed by atoms with van der Waals surface area (Å²) in [7, 11) is 0. The van der Waals surface area contributed by atoms with E-state index in [9.17, 15) is 4.79 Å². The van der Waals surface area contributed by atoms with Gasteiger partial charge >= 0.3 is 0 Å². The van der Waals surface area contributed by atoms with Gasteiger partial charge < -0.3 is 0 Å². The van der Waals surface area contributed by atoms with Crippen molar-refractivity contribution in [1.29, 1.82) is 0 Å². The molecule has 0 aromatic carbocycles. The highest BCUT2D eigenvalue weighted by Crippen LogP contribution is 2.36. The SMILES string of the molecule is CC1CCCC(C)(CN=C=O)CC1. The summed E-state index contributed by atoms with van der Waals surface area (Å²) in [5, 5.41) is 0. The van der Waals surface area contributed by atoms with Crippen molar-refractivity contribution in [1.82, 2.24) is 0 Å². The Morgan fingerprint density at radius 3 is 2.92 bits per heavy atom. The second-order valence-corrected chi connectivity index (χ2v) is 4.75. The molecule has 0 heterocycles. The van der Waals surface area contributed by atoms with Gasteiger partial charge in [-0.25, -0.2) is 9.79 Å². The van der Waals surface area contributed by atoms with E-state index in [1.807, 2.05) is 0 Å². The Bertz CT molecular complexity index is 208. The van der Waals surface area contributed by atoms with Gasteiger partial charge in [-0.05, 0) is 24.2 Å². The second kappa shape index (κ2) is 4.57. The van der Waals surface area contributed by atoms with Gasteiger partial charge in [-0.3, -0.25) is 0 Å². The van der Waals surface area contributed by atoms with E-state index in [1.165, 1.54) is 32.1 Å². The highest BCUT2D eigenvalue weighted by atomic mass is 16.1. The van der Waals surface area contributed by atoms with Crippen LogP contribution in [0.1, 0.15) is 46.0 Å². The van der Waals surface area contributed by atoms with Gasteiger partial charge in [0.25, 0.3) is 0 Å². The van der Waals surface area contributed by atoms with Crippen LogP contribution in [0.3, 0.4) is 0 Å². The fourth-order valence-corrected chi connectivity index (χ4v) is 2.12. The molecule has 1 aliphatic carbocycles. The molecule has 2 unspecified atom stereocenters. The summed E-state index contributed by atoms with van der Waals surface area (Å²) in [5.41, 5.74) is 0.266. The first-order chi connectivity index (χ1) is 6.16. The molecule has 2 heteroatoms. The summed E-state index contributed by atoms with van der Waals surface area (Å²) in [6, 6.07) is 0. The summed E-state index contributed by atoms with van der Waals surface area (Å²) in [6.07, 6.45) is 7.97. The van der Waals surface area contributed by atoms with Crippen molar-refractivity contribution < 1.29 is 4.79 Å². The number of hydrogen-bond donors (Lipinski definition) is 0. The van der Waals surface area contributed by atoms with Gasteiger partial charge in [0.1, 0.15) is 0 Å². The van der Waals surface area contributed by atoms with Crippen LogP contribution in [0, 0.1) is 11.3 Å². The molecule has 1 rings (SSSR count). The average molecular weight is 181 g/mol. The van der Waals surface area contributed by atoms with Gasteiger partial charge in [0.2, 0.25) is 6.08 Å². The molecule has 1 fully saturated rings. The minimum Gasteiger partial charge on any atom is -0.211 e. The highest BCUT2D eigenvalue weighted by Gasteiger charge is 2.27. The molecule has 0 saturated heterocycles. The minimum atomic E-state index is 0.266. The number of hydrogen-bond acceptors (Lipinski definition) is 2. The monoisotopic (exact) mass is 181 g/mol. The maximum atomic E-state index is 10.0. The maximum absolute atomic E-state index is 10.0. The lowest BCUT2D eigenvalue weighted by molar-refractivity contribution is 0.286. The molecular weight excluding hydrogens is 162 g/mol. The molecule has 0 amide bonds. The zero-order valence-electron chi connectivity index (χ0n) is 8.68. The third kappa shape index (κ3) is 3.31. The van der Waals surface area contributed by atoms with Crippen LogP contribution in [-0.4, -0.2) is 12.6 Å². The lowest BCUT2D eigenvalue weighted by atomic mass is 9.82. The zero-order chi connectivity index (χ0) is 9.73. The molecule has 0 aliphatic heterocycles.